The van der Waals surface area contributed by atoms with E-state index >= 15 is 0 Å². The second-order valence-corrected chi connectivity index (χ2v) is 6.43. The van der Waals surface area contributed by atoms with Crippen LogP contribution >= 0.6 is 0 Å². The predicted molar refractivity (Wildman–Crippen MR) is 74.2 cm³/mol. The van der Waals surface area contributed by atoms with E-state index in [9.17, 15) is 18.0 Å². The van der Waals surface area contributed by atoms with Gasteiger partial charge in [0.2, 0.25) is 5.91 Å². The van der Waals surface area contributed by atoms with Crippen LogP contribution in [0.15, 0.2) is 0 Å². The van der Waals surface area contributed by atoms with E-state index in [0.717, 1.165) is 11.3 Å². The first kappa shape index (κ1) is 19.2. The molecule has 2 N–H and O–H groups in total. The number of carbonyl (C=O) groups excluding carboxylic acids is 1. The number of amides is 1. The van der Waals surface area contributed by atoms with Crippen molar-refractivity contribution in [3.63, 3.8) is 0 Å². The average molecular weight is 296 g/mol. The molecule has 0 radical (unpaired) electrons. The van der Waals surface area contributed by atoms with Crippen molar-refractivity contribution in [2.75, 3.05) is 19.6 Å². The van der Waals surface area contributed by atoms with Gasteiger partial charge in [-0.05, 0) is 18.3 Å². The monoisotopic (exact) mass is 296 g/mol. The van der Waals surface area contributed by atoms with Crippen molar-refractivity contribution in [2.45, 2.75) is 53.1 Å². The fourth-order valence-electron chi connectivity index (χ4n) is 2.10. The zero-order valence-corrected chi connectivity index (χ0v) is 12.9. The van der Waals surface area contributed by atoms with Gasteiger partial charge in [-0.25, -0.2) is 0 Å². The van der Waals surface area contributed by atoms with Crippen molar-refractivity contribution >= 4 is 5.91 Å². The smallest absolute Gasteiger partial charge is 0.333 e. The second kappa shape index (κ2) is 7.86. The molecule has 0 aromatic heterocycles. The first-order valence-corrected chi connectivity index (χ1v) is 7.05. The molecular weight excluding hydrogens is 269 g/mol. The molecule has 0 saturated heterocycles. The van der Waals surface area contributed by atoms with Crippen LogP contribution in [-0.2, 0) is 4.79 Å². The number of hydrogen-bond donors (Lipinski definition) is 1. The van der Waals surface area contributed by atoms with Gasteiger partial charge in [0, 0.05) is 13.1 Å². The van der Waals surface area contributed by atoms with Crippen LogP contribution in [0.2, 0.25) is 0 Å². The van der Waals surface area contributed by atoms with Gasteiger partial charge in [-0.3, -0.25) is 4.79 Å². The highest BCUT2D eigenvalue weighted by Gasteiger charge is 2.35. The minimum atomic E-state index is -4.37. The summed E-state index contributed by atoms with van der Waals surface area (Å²) in [5.74, 6) is -1.03. The van der Waals surface area contributed by atoms with Crippen molar-refractivity contribution in [1.29, 1.82) is 0 Å². The van der Waals surface area contributed by atoms with E-state index in [1.165, 1.54) is 0 Å². The molecule has 0 saturated carbocycles. The number of rotatable bonds is 7. The molecule has 0 heterocycles. The minimum absolute atomic E-state index is 0.0799. The van der Waals surface area contributed by atoms with Crippen LogP contribution in [0.1, 0.15) is 47.0 Å². The fraction of sp³-hybridized carbons (Fsp3) is 0.929. The second-order valence-electron chi connectivity index (χ2n) is 6.43. The molecule has 1 amide bonds. The summed E-state index contributed by atoms with van der Waals surface area (Å²) in [5.41, 5.74) is 5.44. The normalized spacial score (nSPS) is 14.2. The van der Waals surface area contributed by atoms with Crippen LogP contribution < -0.4 is 5.73 Å². The molecule has 0 aromatic rings. The van der Waals surface area contributed by atoms with Crippen LogP contribution in [-0.4, -0.2) is 36.6 Å². The maximum Gasteiger partial charge on any atom is 0.406 e. The summed E-state index contributed by atoms with van der Waals surface area (Å²) in [6.07, 6.45) is -2.57. The maximum absolute atomic E-state index is 12.6. The Morgan fingerprint density at radius 2 is 1.80 bits per heavy atom. The van der Waals surface area contributed by atoms with Crippen molar-refractivity contribution in [3.05, 3.63) is 0 Å². The summed E-state index contributed by atoms with van der Waals surface area (Å²) in [7, 11) is 0. The van der Waals surface area contributed by atoms with E-state index in [-0.39, 0.29) is 18.5 Å². The first-order valence-electron chi connectivity index (χ1n) is 7.05. The number of nitrogens with zero attached hydrogens (tertiary/aromatic N) is 1. The van der Waals surface area contributed by atoms with E-state index in [1.807, 2.05) is 27.7 Å². The lowest BCUT2D eigenvalue weighted by atomic mass is 9.84. The average Bonchev–Trinajstić information content (AvgIpc) is 2.28. The Bertz CT molecular complexity index is 298. The Kier molecular flexibility index (Phi) is 7.55. The Morgan fingerprint density at radius 1 is 1.25 bits per heavy atom. The highest BCUT2D eigenvalue weighted by molar-refractivity contribution is 5.79. The zero-order chi connectivity index (χ0) is 16.0. The first-order chi connectivity index (χ1) is 9.00. The number of carbonyl (C=O) groups is 1. The quantitative estimate of drug-likeness (QED) is 0.784. The fourth-order valence-corrected chi connectivity index (χ4v) is 2.10. The molecule has 1 atom stereocenters. The van der Waals surface area contributed by atoms with E-state index < -0.39 is 24.5 Å². The lowest BCUT2D eigenvalue weighted by Crippen LogP contribution is -2.45. The lowest BCUT2D eigenvalue weighted by molar-refractivity contribution is -0.164. The summed E-state index contributed by atoms with van der Waals surface area (Å²) < 4.78 is 37.7. The van der Waals surface area contributed by atoms with Gasteiger partial charge < -0.3 is 10.6 Å². The standard InChI is InChI=1S/C14H27F3N2O/c1-5-6-7-19(10-14(15,16)17)12(20)11(9-18)8-13(2,3)4/h11H,5-10,18H2,1-4H3. The van der Waals surface area contributed by atoms with E-state index in [1.54, 1.807) is 0 Å². The minimum Gasteiger partial charge on any atom is -0.333 e. The SMILES string of the molecule is CCCCN(CC(F)(F)F)C(=O)C(CN)CC(C)(C)C. The van der Waals surface area contributed by atoms with E-state index in [0.29, 0.717) is 12.8 Å². The highest BCUT2D eigenvalue weighted by Crippen LogP contribution is 2.26. The molecular formula is C14H27F3N2O. The van der Waals surface area contributed by atoms with Crippen LogP contribution in [0.5, 0.6) is 0 Å². The molecule has 3 nitrogen and oxygen atoms in total. The summed E-state index contributed by atoms with van der Waals surface area (Å²) >= 11 is 0. The summed E-state index contributed by atoms with van der Waals surface area (Å²) in [6, 6.07) is 0. The number of nitrogens with two attached hydrogens (primary N) is 1. The van der Waals surface area contributed by atoms with Gasteiger partial charge >= 0.3 is 6.18 Å². The summed E-state index contributed by atoms with van der Waals surface area (Å²) in [5, 5.41) is 0. The molecule has 120 valence electrons. The molecule has 0 aliphatic rings. The van der Waals surface area contributed by atoms with E-state index in [2.05, 4.69) is 0 Å². The molecule has 0 fully saturated rings. The van der Waals surface area contributed by atoms with Gasteiger partial charge in [-0.2, -0.15) is 13.2 Å². The van der Waals surface area contributed by atoms with Crippen LogP contribution in [0.3, 0.4) is 0 Å². The maximum atomic E-state index is 12.6. The molecule has 0 spiro atoms. The topological polar surface area (TPSA) is 46.3 Å². The van der Waals surface area contributed by atoms with Crippen molar-refractivity contribution in [2.24, 2.45) is 17.1 Å². The van der Waals surface area contributed by atoms with Crippen LogP contribution in [0, 0.1) is 11.3 Å². The largest absolute Gasteiger partial charge is 0.406 e. The third-order valence-corrected chi connectivity index (χ3v) is 2.96. The third kappa shape index (κ3) is 8.40. The molecule has 0 aliphatic carbocycles. The van der Waals surface area contributed by atoms with Crippen molar-refractivity contribution in [1.82, 2.24) is 4.90 Å². The van der Waals surface area contributed by atoms with Crippen LogP contribution in [0.25, 0.3) is 0 Å². The van der Waals surface area contributed by atoms with E-state index in [4.69, 9.17) is 5.73 Å². The Hall–Kier alpha value is -0.780. The molecule has 6 heteroatoms. The molecule has 0 bridgehead atoms. The number of halogens is 3. The Morgan fingerprint density at radius 3 is 2.15 bits per heavy atom. The molecule has 1 unspecified atom stereocenters. The Balaban J connectivity index is 4.88. The van der Waals surface area contributed by atoms with Gasteiger partial charge in [-0.15, -0.1) is 0 Å². The number of alkyl halides is 3. The summed E-state index contributed by atoms with van der Waals surface area (Å²) in [4.78, 5) is 13.2. The number of hydrogen-bond acceptors (Lipinski definition) is 2. The highest BCUT2D eigenvalue weighted by atomic mass is 19.4. The van der Waals surface area contributed by atoms with Crippen molar-refractivity contribution in [3.8, 4) is 0 Å². The van der Waals surface area contributed by atoms with Gasteiger partial charge in [0.1, 0.15) is 6.54 Å². The predicted octanol–water partition coefficient (Wildman–Crippen LogP) is 3.19. The van der Waals surface area contributed by atoms with Crippen LogP contribution in [0.4, 0.5) is 13.2 Å². The molecule has 0 aliphatic heterocycles. The molecule has 20 heavy (non-hydrogen) atoms. The van der Waals surface area contributed by atoms with Crippen molar-refractivity contribution < 1.29 is 18.0 Å². The Labute approximate surface area is 119 Å². The van der Waals surface area contributed by atoms with Gasteiger partial charge in [0.15, 0.2) is 0 Å². The zero-order valence-electron chi connectivity index (χ0n) is 12.9. The van der Waals surface area contributed by atoms with Gasteiger partial charge in [-0.1, -0.05) is 34.1 Å². The lowest BCUT2D eigenvalue weighted by Gasteiger charge is -2.30. The molecule has 0 aromatic carbocycles. The van der Waals surface area contributed by atoms with Gasteiger partial charge in [0.25, 0.3) is 0 Å². The third-order valence-electron chi connectivity index (χ3n) is 2.96. The van der Waals surface area contributed by atoms with Gasteiger partial charge in [0.05, 0.1) is 5.92 Å². The summed E-state index contributed by atoms with van der Waals surface area (Å²) in [6.45, 7) is 6.75. The number of unbranched alkanes of at least 4 members (excludes halogenated alkanes) is 1. The molecule has 0 rings (SSSR count).